The molecule has 2 aromatic rings. The molecule has 4 nitrogen and oxygen atoms in total. The number of halogens is 1. The minimum atomic E-state index is 0.213. The van der Waals surface area contributed by atoms with Gasteiger partial charge in [0.1, 0.15) is 5.69 Å². The van der Waals surface area contributed by atoms with Crippen LogP contribution in [-0.2, 0) is 0 Å². The molecule has 1 aromatic heterocycles. The first-order chi connectivity index (χ1) is 9.67. The van der Waals surface area contributed by atoms with Crippen molar-refractivity contribution in [2.24, 2.45) is 0 Å². The van der Waals surface area contributed by atoms with Crippen molar-refractivity contribution in [3.8, 4) is 17.1 Å². The van der Waals surface area contributed by atoms with E-state index in [2.05, 4.69) is 29.1 Å². The molecule has 0 spiro atoms. The maximum atomic E-state index is 6.38. The van der Waals surface area contributed by atoms with Gasteiger partial charge >= 0.3 is 0 Å². The Morgan fingerprint density at radius 3 is 2.70 bits per heavy atom. The predicted molar refractivity (Wildman–Crippen MR) is 81.1 cm³/mol. The SMILES string of the molecule is CCNC(C)c1ccc(-c2nccnc2OC)cc1Cl. The number of ether oxygens (including phenoxy) is 1. The van der Waals surface area contributed by atoms with Crippen molar-refractivity contribution >= 4 is 11.6 Å². The second kappa shape index (κ2) is 6.68. The van der Waals surface area contributed by atoms with Gasteiger partial charge in [0, 0.05) is 29.0 Å². The van der Waals surface area contributed by atoms with Gasteiger partial charge in [0.2, 0.25) is 5.88 Å². The summed E-state index contributed by atoms with van der Waals surface area (Å²) >= 11 is 6.38. The zero-order valence-corrected chi connectivity index (χ0v) is 12.6. The normalized spacial score (nSPS) is 12.2. The van der Waals surface area contributed by atoms with Crippen molar-refractivity contribution < 1.29 is 4.74 Å². The number of methoxy groups -OCH3 is 1. The van der Waals surface area contributed by atoms with E-state index in [1.807, 2.05) is 18.2 Å². The third-order valence-electron chi connectivity index (χ3n) is 3.11. The van der Waals surface area contributed by atoms with Gasteiger partial charge in [0.25, 0.3) is 0 Å². The third kappa shape index (κ3) is 3.08. The maximum absolute atomic E-state index is 6.38. The van der Waals surface area contributed by atoms with Crippen LogP contribution < -0.4 is 10.1 Å². The highest BCUT2D eigenvalue weighted by molar-refractivity contribution is 6.31. The molecule has 0 aliphatic carbocycles. The lowest BCUT2D eigenvalue weighted by atomic mass is 10.0. The van der Waals surface area contributed by atoms with Crippen LogP contribution in [0, 0.1) is 0 Å². The lowest BCUT2D eigenvalue weighted by molar-refractivity contribution is 0.398. The second-order valence-electron chi connectivity index (χ2n) is 4.43. The molecule has 1 atom stereocenters. The summed E-state index contributed by atoms with van der Waals surface area (Å²) in [4.78, 5) is 8.46. The lowest BCUT2D eigenvalue weighted by Crippen LogP contribution is -2.17. The van der Waals surface area contributed by atoms with Crippen molar-refractivity contribution in [3.63, 3.8) is 0 Å². The monoisotopic (exact) mass is 291 g/mol. The number of nitrogens with one attached hydrogen (secondary N) is 1. The molecule has 0 saturated carbocycles. The number of hydrogen-bond donors (Lipinski definition) is 1. The van der Waals surface area contributed by atoms with E-state index in [1.165, 1.54) is 0 Å². The van der Waals surface area contributed by atoms with Gasteiger partial charge < -0.3 is 10.1 Å². The van der Waals surface area contributed by atoms with Crippen molar-refractivity contribution in [3.05, 3.63) is 41.2 Å². The molecule has 0 fully saturated rings. The molecule has 0 saturated heterocycles. The van der Waals surface area contributed by atoms with Crippen LogP contribution in [0.5, 0.6) is 5.88 Å². The van der Waals surface area contributed by atoms with Crippen molar-refractivity contribution in [2.45, 2.75) is 19.9 Å². The Kier molecular flexibility index (Phi) is 4.93. The van der Waals surface area contributed by atoms with E-state index in [4.69, 9.17) is 16.3 Å². The van der Waals surface area contributed by atoms with Gasteiger partial charge in [-0.3, -0.25) is 0 Å². The van der Waals surface area contributed by atoms with Crippen molar-refractivity contribution in [1.82, 2.24) is 15.3 Å². The molecular formula is C15H18ClN3O. The highest BCUT2D eigenvalue weighted by atomic mass is 35.5. The topological polar surface area (TPSA) is 47.0 Å². The highest BCUT2D eigenvalue weighted by Gasteiger charge is 2.13. The van der Waals surface area contributed by atoms with Crippen LogP contribution in [0.3, 0.4) is 0 Å². The van der Waals surface area contributed by atoms with Gasteiger partial charge in [-0.05, 0) is 25.1 Å². The number of hydrogen-bond acceptors (Lipinski definition) is 4. The minimum absolute atomic E-state index is 0.213. The van der Waals surface area contributed by atoms with Gasteiger partial charge in [-0.25, -0.2) is 9.97 Å². The fraction of sp³-hybridized carbons (Fsp3) is 0.333. The minimum Gasteiger partial charge on any atom is -0.479 e. The molecule has 0 aliphatic rings. The largest absolute Gasteiger partial charge is 0.479 e. The van der Waals surface area contributed by atoms with Crippen LogP contribution in [0.4, 0.5) is 0 Å². The Morgan fingerprint density at radius 2 is 2.05 bits per heavy atom. The van der Waals surface area contributed by atoms with Crippen LogP contribution in [0.2, 0.25) is 5.02 Å². The van der Waals surface area contributed by atoms with E-state index < -0.39 is 0 Å². The van der Waals surface area contributed by atoms with Gasteiger partial charge in [-0.1, -0.05) is 30.7 Å². The van der Waals surface area contributed by atoms with Crippen LogP contribution in [-0.4, -0.2) is 23.6 Å². The average molecular weight is 292 g/mol. The van der Waals surface area contributed by atoms with E-state index in [9.17, 15) is 0 Å². The fourth-order valence-corrected chi connectivity index (χ4v) is 2.46. The van der Waals surface area contributed by atoms with Crippen LogP contribution in [0.15, 0.2) is 30.6 Å². The second-order valence-corrected chi connectivity index (χ2v) is 4.84. The van der Waals surface area contributed by atoms with Crippen LogP contribution in [0.1, 0.15) is 25.5 Å². The first kappa shape index (κ1) is 14.8. The van der Waals surface area contributed by atoms with E-state index in [0.717, 1.165) is 17.7 Å². The summed E-state index contributed by atoms with van der Waals surface area (Å²) in [7, 11) is 1.58. The maximum Gasteiger partial charge on any atom is 0.240 e. The Hall–Kier alpha value is -1.65. The number of aromatic nitrogens is 2. The Morgan fingerprint density at radius 1 is 1.30 bits per heavy atom. The van der Waals surface area contributed by atoms with Crippen molar-refractivity contribution in [2.75, 3.05) is 13.7 Å². The summed E-state index contributed by atoms with van der Waals surface area (Å²) in [5.41, 5.74) is 2.66. The smallest absolute Gasteiger partial charge is 0.240 e. The van der Waals surface area contributed by atoms with E-state index in [-0.39, 0.29) is 6.04 Å². The third-order valence-corrected chi connectivity index (χ3v) is 3.44. The number of benzene rings is 1. The molecule has 0 amide bonds. The molecule has 1 heterocycles. The molecular weight excluding hydrogens is 274 g/mol. The van der Waals surface area contributed by atoms with Crippen LogP contribution >= 0.6 is 11.6 Å². The summed E-state index contributed by atoms with van der Waals surface area (Å²) in [5, 5.41) is 4.06. The predicted octanol–water partition coefficient (Wildman–Crippen LogP) is 3.48. The first-order valence-corrected chi connectivity index (χ1v) is 6.93. The number of nitrogens with zero attached hydrogens (tertiary/aromatic N) is 2. The summed E-state index contributed by atoms with van der Waals surface area (Å²) in [6.45, 7) is 5.06. The quantitative estimate of drug-likeness (QED) is 0.916. The molecule has 1 unspecified atom stereocenters. The fourth-order valence-electron chi connectivity index (χ4n) is 2.11. The molecule has 2 rings (SSSR count). The average Bonchev–Trinajstić information content (AvgIpc) is 2.47. The summed E-state index contributed by atoms with van der Waals surface area (Å²) in [6.07, 6.45) is 3.24. The Bertz CT molecular complexity index is 589. The standard InChI is InChI=1S/C15H18ClN3O/c1-4-17-10(2)12-6-5-11(9-13(12)16)14-15(20-3)19-8-7-18-14/h5-10,17H,4H2,1-3H3. The Balaban J connectivity index is 2.38. The van der Waals surface area contributed by atoms with Gasteiger partial charge in [0.05, 0.1) is 7.11 Å². The van der Waals surface area contributed by atoms with E-state index in [0.29, 0.717) is 16.6 Å². The molecule has 1 N–H and O–H groups in total. The molecule has 0 radical (unpaired) electrons. The van der Waals surface area contributed by atoms with Gasteiger partial charge in [-0.15, -0.1) is 0 Å². The van der Waals surface area contributed by atoms with Crippen LogP contribution in [0.25, 0.3) is 11.3 Å². The highest BCUT2D eigenvalue weighted by Crippen LogP contribution is 2.31. The summed E-state index contributed by atoms with van der Waals surface area (Å²) in [5.74, 6) is 0.496. The molecule has 1 aromatic carbocycles. The molecule has 0 bridgehead atoms. The molecule has 5 heteroatoms. The summed E-state index contributed by atoms with van der Waals surface area (Å²) in [6, 6.07) is 6.11. The van der Waals surface area contributed by atoms with Gasteiger partial charge in [-0.2, -0.15) is 0 Å². The zero-order valence-electron chi connectivity index (χ0n) is 11.9. The Labute approximate surface area is 124 Å². The van der Waals surface area contributed by atoms with Gasteiger partial charge in [0.15, 0.2) is 0 Å². The summed E-state index contributed by atoms with van der Waals surface area (Å²) < 4.78 is 5.23. The number of rotatable bonds is 5. The zero-order chi connectivity index (χ0) is 14.5. The lowest BCUT2D eigenvalue weighted by Gasteiger charge is -2.15. The molecule has 106 valence electrons. The molecule has 20 heavy (non-hydrogen) atoms. The first-order valence-electron chi connectivity index (χ1n) is 6.55. The van der Waals surface area contributed by atoms with Crippen molar-refractivity contribution in [1.29, 1.82) is 0 Å². The van der Waals surface area contributed by atoms with E-state index >= 15 is 0 Å². The molecule has 0 aliphatic heterocycles. The van der Waals surface area contributed by atoms with E-state index in [1.54, 1.807) is 19.5 Å².